The van der Waals surface area contributed by atoms with E-state index in [1.54, 1.807) is 11.3 Å². The van der Waals surface area contributed by atoms with Crippen LogP contribution < -0.4 is 5.73 Å². The molecule has 0 radical (unpaired) electrons. The number of anilines is 1. The fourth-order valence-electron chi connectivity index (χ4n) is 2.50. The van der Waals surface area contributed by atoms with Crippen molar-refractivity contribution < 1.29 is 0 Å². The molecule has 0 amide bonds. The van der Waals surface area contributed by atoms with Crippen LogP contribution in [-0.2, 0) is 13.0 Å². The molecule has 1 unspecified atom stereocenters. The van der Waals surface area contributed by atoms with Gasteiger partial charge >= 0.3 is 0 Å². The quantitative estimate of drug-likeness (QED) is 0.747. The van der Waals surface area contributed by atoms with Gasteiger partial charge in [0, 0.05) is 36.1 Å². The zero-order chi connectivity index (χ0) is 14.1. The first-order valence-corrected chi connectivity index (χ1v) is 7.71. The molecule has 2 aromatic heterocycles. The summed E-state index contributed by atoms with van der Waals surface area (Å²) in [6.45, 7) is 5.24. The van der Waals surface area contributed by atoms with Gasteiger partial charge in [-0.25, -0.2) is 9.97 Å². The second-order valence-corrected chi connectivity index (χ2v) is 5.94. The standard InChI is InChI=1S/C15H18N4S/c1-3-14-18-12-8-11(16)4-5-13(12)19(14)9-10(2)15-17-6-7-20-15/h4-8,10H,3,9,16H2,1-2H3. The average molecular weight is 286 g/mol. The molecule has 0 saturated carbocycles. The summed E-state index contributed by atoms with van der Waals surface area (Å²) in [5, 5.41) is 3.20. The SMILES string of the molecule is CCc1nc2cc(N)ccc2n1CC(C)c1nccs1. The Balaban J connectivity index is 2.01. The first kappa shape index (κ1) is 13.1. The van der Waals surface area contributed by atoms with Crippen molar-refractivity contribution >= 4 is 28.1 Å². The van der Waals surface area contributed by atoms with Crippen LogP contribution in [0.1, 0.15) is 30.6 Å². The molecular weight excluding hydrogens is 268 g/mol. The fraction of sp³-hybridized carbons (Fsp3) is 0.333. The second-order valence-electron chi connectivity index (χ2n) is 5.01. The highest BCUT2D eigenvalue weighted by molar-refractivity contribution is 7.09. The largest absolute Gasteiger partial charge is 0.399 e. The van der Waals surface area contributed by atoms with Gasteiger partial charge in [-0.2, -0.15) is 0 Å². The number of benzene rings is 1. The van der Waals surface area contributed by atoms with Crippen LogP contribution in [0.2, 0.25) is 0 Å². The lowest BCUT2D eigenvalue weighted by atomic mass is 10.2. The first-order valence-electron chi connectivity index (χ1n) is 6.83. The molecule has 0 aliphatic rings. The minimum atomic E-state index is 0.384. The molecular formula is C15H18N4S. The number of imidazole rings is 1. The summed E-state index contributed by atoms with van der Waals surface area (Å²) < 4.78 is 2.29. The van der Waals surface area contributed by atoms with E-state index in [1.807, 2.05) is 23.7 Å². The normalized spacial score (nSPS) is 12.9. The Bertz CT molecular complexity index is 715. The Morgan fingerprint density at radius 2 is 2.25 bits per heavy atom. The minimum Gasteiger partial charge on any atom is -0.399 e. The summed E-state index contributed by atoms with van der Waals surface area (Å²) >= 11 is 1.71. The lowest BCUT2D eigenvalue weighted by Gasteiger charge is -2.13. The number of hydrogen-bond acceptors (Lipinski definition) is 4. The predicted octanol–water partition coefficient (Wildman–Crippen LogP) is 3.44. The molecule has 2 N–H and O–H groups in total. The first-order chi connectivity index (χ1) is 9.69. The molecule has 0 bridgehead atoms. The Labute approximate surface area is 122 Å². The van der Waals surface area contributed by atoms with Crippen LogP contribution in [0.15, 0.2) is 29.8 Å². The maximum absolute atomic E-state index is 5.85. The molecule has 3 aromatic rings. The second kappa shape index (κ2) is 5.25. The third-order valence-corrected chi connectivity index (χ3v) is 4.50. The highest BCUT2D eigenvalue weighted by atomic mass is 32.1. The molecule has 1 atom stereocenters. The average Bonchev–Trinajstić information content (AvgIpc) is 3.06. The monoisotopic (exact) mass is 286 g/mol. The Morgan fingerprint density at radius 1 is 1.40 bits per heavy atom. The molecule has 0 fully saturated rings. The number of nitrogens with two attached hydrogens (primary N) is 1. The van der Waals surface area contributed by atoms with Crippen LogP contribution in [0.25, 0.3) is 11.0 Å². The lowest BCUT2D eigenvalue weighted by molar-refractivity contribution is 0.586. The van der Waals surface area contributed by atoms with Crippen molar-refractivity contribution in [2.24, 2.45) is 0 Å². The molecule has 4 nitrogen and oxygen atoms in total. The van der Waals surface area contributed by atoms with E-state index in [2.05, 4.69) is 29.5 Å². The smallest absolute Gasteiger partial charge is 0.109 e. The van der Waals surface area contributed by atoms with Crippen LogP contribution in [0.4, 0.5) is 5.69 Å². The van der Waals surface area contributed by atoms with Crippen molar-refractivity contribution in [1.82, 2.24) is 14.5 Å². The Kier molecular flexibility index (Phi) is 3.44. The number of nitrogens with zero attached hydrogens (tertiary/aromatic N) is 3. The van der Waals surface area contributed by atoms with E-state index in [4.69, 9.17) is 10.7 Å². The van der Waals surface area contributed by atoms with E-state index < -0.39 is 0 Å². The molecule has 20 heavy (non-hydrogen) atoms. The van der Waals surface area contributed by atoms with Crippen LogP contribution in [0.3, 0.4) is 0 Å². The topological polar surface area (TPSA) is 56.7 Å². The van der Waals surface area contributed by atoms with Gasteiger partial charge in [0.05, 0.1) is 16.0 Å². The van der Waals surface area contributed by atoms with Gasteiger partial charge in [0.15, 0.2) is 0 Å². The van der Waals surface area contributed by atoms with Crippen LogP contribution in [0, 0.1) is 0 Å². The molecule has 5 heteroatoms. The Hall–Kier alpha value is -1.88. The number of aryl methyl sites for hydroxylation is 1. The van der Waals surface area contributed by atoms with Crippen molar-refractivity contribution in [3.05, 3.63) is 40.6 Å². The van der Waals surface area contributed by atoms with E-state index in [1.165, 1.54) is 5.01 Å². The molecule has 2 heterocycles. The number of nitrogen functional groups attached to an aromatic ring is 1. The van der Waals surface area contributed by atoms with Crippen LogP contribution >= 0.6 is 11.3 Å². The van der Waals surface area contributed by atoms with E-state index in [0.29, 0.717) is 5.92 Å². The van der Waals surface area contributed by atoms with Crippen molar-refractivity contribution in [1.29, 1.82) is 0 Å². The fourth-order valence-corrected chi connectivity index (χ4v) is 3.19. The number of hydrogen-bond donors (Lipinski definition) is 1. The predicted molar refractivity (Wildman–Crippen MR) is 84.1 cm³/mol. The highest BCUT2D eigenvalue weighted by Gasteiger charge is 2.15. The maximum Gasteiger partial charge on any atom is 0.109 e. The summed E-state index contributed by atoms with van der Waals surface area (Å²) in [5.41, 5.74) is 8.74. The third kappa shape index (κ3) is 2.29. The van der Waals surface area contributed by atoms with Crippen molar-refractivity contribution in [2.75, 3.05) is 5.73 Å². The van der Waals surface area contributed by atoms with Crippen molar-refractivity contribution in [2.45, 2.75) is 32.7 Å². The van der Waals surface area contributed by atoms with Crippen molar-refractivity contribution in [3.63, 3.8) is 0 Å². The number of rotatable bonds is 4. The molecule has 0 aliphatic carbocycles. The maximum atomic E-state index is 5.85. The van der Waals surface area contributed by atoms with E-state index in [9.17, 15) is 0 Å². The van der Waals surface area contributed by atoms with Crippen LogP contribution in [-0.4, -0.2) is 14.5 Å². The molecule has 3 rings (SSSR count). The third-order valence-electron chi connectivity index (χ3n) is 3.50. The van der Waals surface area contributed by atoms with Crippen LogP contribution in [0.5, 0.6) is 0 Å². The van der Waals surface area contributed by atoms with Gasteiger partial charge in [-0.3, -0.25) is 0 Å². The highest BCUT2D eigenvalue weighted by Crippen LogP contribution is 2.25. The lowest BCUT2D eigenvalue weighted by Crippen LogP contribution is -2.09. The van der Waals surface area contributed by atoms with Gasteiger partial charge in [-0.05, 0) is 18.2 Å². The summed E-state index contributed by atoms with van der Waals surface area (Å²) in [6, 6.07) is 5.94. The van der Waals surface area contributed by atoms with E-state index in [0.717, 1.165) is 35.5 Å². The van der Waals surface area contributed by atoms with Gasteiger partial charge in [0.2, 0.25) is 0 Å². The van der Waals surface area contributed by atoms with E-state index >= 15 is 0 Å². The van der Waals surface area contributed by atoms with Gasteiger partial charge in [0.25, 0.3) is 0 Å². The van der Waals surface area contributed by atoms with E-state index in [-0.39, 0.29) is 0 Å². The summed E-state index contributed by atoms with van der Waals surface area (Å²) in [4.78, 5) is 9.10. The molecule has 0 saturated heterocycles. The van der Waals surface area contributed by atoms with Gasteiger partial charge in [0.1, 0.15) is 5.82 Å². The molecule has 104 valence electrons. The zero-order valence-corrected chi connectivity index (χ0v) is 12.5. The molecule has 1 aromatic carbocycles. The Morgan fingerprint density at radius 3 is 2.95 bits per heavy atom. The van der Waals surface area contributed by atoms with Crippen molar-refractivity contribution in [3.8, 4) is 0 Å². The van der Waals surface area contributed by atoms with Gasteiger partial charge in [-0.1, -0.05) is 13.8 Å². The summed E-state index contributed by atoms with van der Waals surface area (Å²) in [7, 11) is 0. The number of aromatic nitrogens is 3. The number of fused-ring (bicyclic) bond motifs is 1. The van der Waals surface area contributed by atoms with Gasteiger partial charge in [-0.15, -0.1) is 11.3 Å². The summed E-state index contributed by atoms with van der Waals surface area (Å²) in [5.74, 6) is 1.49. The van der Waals surface area contributed by atoms with Gasteiger partial charge < -0.3 is 10.3 Å². The minimum absolute atomic E-state index is 0.384. The number of thiazole rings is 1. The molecule has 0 spiro atoms. The summed E-state index contributed by atoms with van der Waals surface area (Å²) in [6.07, 6.45) is 2.78. The molecule has 0 aliphatic heterocycles. The zero-order valence-electron chi connectivity index (χ0n) is 11.7.